The lowest BCUT2D eigenvalue weighted by Crippen LogP contribution is -2.15. The Morgan fingerprint density at radius 2 is 1.48 bits per heavy atom. The Morgan fingerprint density at radius 1 is 0.793 bits per heavy atom. The molecule has 3 aromatic carbocycles. The summed E-state index contributed by atoms with van der Waals surface area (Å²) in [4.78, 5) is 25.1. The summed E-state index contributed by atoms with van der Waals surface area (Å²) >= 11 is 0. The molecule has 3 aromatic rings. The lowest BCUT2D eigenvalue weighted by molar-refractivity contribution is 0.101. The van der Waals surface area contributed by atoms with Crippen LogP contribution < -0.4 is 10.6 Å². The van der Waals surface area contributed by atoms with Crippen LogP contribution in [0.2, 0.25) is 0 Å². The van der Waals surface area contributed by atoms with Crippen molar-refractivity contribution in [3.05, 3.63) is 95.1 Å². The fraction of sp³-hybridized carbons (Fsp3) is 0.200. The number of carbonyl (C=O) groups excluding carboxylic acids is 2. The van der Waals surface area contributed by atoms with Gasteiger partial charge in [-0.05, 0) is 67.3 Å². The van der Waals surface area contributed by atoms with Gasteiger partial charge in [-0.25, -0.2) is 0 Å². The van der Waals surface area contributed by atoms with Crippen LogP contribution in [0.1, 0.15) is 51.6 Å². The molecule has 148 valence electrons. The summed E-state index contributed by atoms with van der Waals surface area (Å²) in [6.07, 6.45) is 3.37. The predicted octanol–water partition coefficient (Wildman–Crippen LogP) is 5.84. The summed E-state index contributed by atoms with van der Waals surface area (Å²) < 4.78 is 0. The molecule has 0 bridgehead atoms. The highest BCUT2D eigenvalue weighted by Crippen LogP contribution is 2.20. The molecule has 2 N–H and O–H groups in total. The molecular weight excluding hydrogens is 360 g/mol. The van der Waals surface area contributed by atoms with Crippen molar-refractivity contribution in [3.8, 4) is 0 Å². The molecule has 0 spiro atoms. The van der Waals surface area contributed by atoms with Crippen LogP contribution in [-0.4, -0.2) is 11.8 Å². The highest BCUT2D eigenvalue weighted by molar-refractivity contribution is 6.07. The van der Waals surface area contributed by atoms with E-state index in [-0.39, 0.29) is 11.8 Å². The maximum absolute atomic E-state index is 12.7. The summed E-state index contributed by atoms with van der Waals surface area (Å²) in [7, 11) is 0. The number of rotatable bonds is 7. The monoisotopic (exact) mass is 386 g/mol. The Labute approximate surface area is 172 Å². The highest BCUT2D eigenvalue weighted by Gasteiger charge is 2.12. The van der Waals surface area contributed by atoms with Crippen LogP contribution in [0.3, 0.4) is 0 Å². The van der Waals surface area contributed by atoms with Crippen molar-refractivity contribution in [1.82, 2.24) is 0 Å². The number of unbranched alkanes of at least 4 members (excludes halogenated alkanes) is 1. The van der Waals surface area contributed by atoms with E-state index in [0.717, 1.165) is 30.5 Å². The summed E-state index contributed by atoms with van der Waals surface area (Å²) in [5.41, 5.74) is 4.61. The number of amides is 2. The second kappa shape index (κ2) is 9.69. The Bertz CT molecular complexity index is 979. The molecule has 0 radical (unpaired) electrons. The summed E-state index contributed by atoms with van der Waals surface area (Å²) in [6.45, 7) is 4.07. The number of nitrogens with one attached hydrogen (secondary N) is 2. The number of hydrogen-bond acceptors (Lipinski definition) is 2. The predicted molar refractivity (Wildman–Crippen MR) is 119 cm³/mol. The maximum atomic E-state index is 12.7. The van der Waals surface area contributed by atoms with Gasteiger partial charge in [-0.15, -0.1) is 0 Å². The van der Waals surface area contributed by atoms with E-state index < -0.39 is 0 Å². The Kier molecular flexibility index (Phi) is 6.80. The first-order valence-corrected chi connectivity index (χ1v) is 9.94. The highest BCUT2D eigenvalue weighted by atomic mass is 16.2. The SMILES string of the molecule is CCCCc1ccc(NC(=O)c2ccc(C)c(NC(=O)c3ccccc3)c2)cc1. The molecule has 4 heteroatoms. The number of aryl methyl sites for hydroxylation is 2. The molecule has 0 aromatic heterocycles. The third kappa shape index (κ3) is 5.55. The molecule has 0 aliphatic carbocycles. The zero-order valence-corrected chi connectivity index (χ0v) is 16.9. The van der Waals surface area contributed by atoms with E-state index in [1.165, 1.54) is 5.56 Å². The number of anilines is 2. The van der Waals surface area contributed by atoms with Gasteiger partial charge in [0.25, 0.3) is 11.8 Å². The largest absolute Gasteiger partial charge is 0.322 e. The third-order valence-corrected chi connectivity index (χ3v) is 4.81. The summed E-state index contributed by atoms with van der Waals surface area (Å²) in [6, 6.07) is 22.3. The van der Waals surface area contributed by atoms with Crippen LogP contribution in [-0.2, 0) is 6.42 Å². The Hall–Kier alpha value is -3.40. The molecule has 0 saturated heterocycles. The lowest BCUT2D eigenvalue weighted by Gasteiger charge is -2.11. The molecule has 0 aliphatic heterocycles. The van der Waals surface area contributed by atoms with Crippen molar-refractivity contribution in [3.63, 3.8) is 0 Å². The van der Waals surface area contributed by atoms with Crippen molar-refractivity contribution in [2.24, 2.45) is 0 Å². The molecule has 29 heavy (non-hydrogen) atoms. The number of benzene rings is 3. The molecule has 0 heterocycles. The molecule has 0 aliphatic rings. The van der Waals surface area contributed by atoms with Gasteiger partial charge in [-0.3, -0.25) is 9.59 Å². The first kappa shape index (κ1) is 20.3. The lowest BCUT2D eigenvalue weighted by atomic mass is 10.1. The van der Waals surface area contributed by atoms with Crippen LogP contribution in [0.15, 0.2) is 72.8 Å². The van der Waals surface area contributed by atoms with E-state index in [1.807, 2.05) is 55.5 Å². The molecule has 0 atom stereocenters. The fourth-order valence-corrected chi connectivity index (χ4v) is 3.02. The molecule has 0 unspecified atom stereocenters. The van der Waals surface area contributed by atoms with E-state index in [1.54, 1.807) is 24.3 Å². The van der Waals surface area contributed by atoms with Crippen molar-refractivity contribution in [2.75, 3.05) is 10.6 Å². The summed E-state index contributed by atoms with van der Waals surface area (Å²) in [5, 5.41) is 5.82. The van der Waals surface area contributed by atoms with Gasteiger partial charge < -0.3 is 10.6 Å². The van der Waals surface area contributed by atoms with Crippen LogP contribution in [0.25, 0.3) is 0 Å². The van der Waals surface area contributed by atoms with Gasteiger partial charge in [-0.1, -0.05) is 49.7 Å². The average Bonchev–Trinajstić information content (AvgIpc) is 2.75. The quantitative estimate of drug-likeness (QED) is 0.536. The van der Waals surface area contributed by atoms with Gasteiger partial charge >= 0.3 is 0 Å². The minimum absolute atomic E-state index is 0.200. The number of carbonyl (C=O) groups is 2. The van der Waals surface area contributed by atoms with Gasteiger partial charge in [0, 0.05) is 22.5 Å². The molecule has 2 amide bonds. The van der Waals surface area contributed by atoms with Gasteiger partial charge in [0.15, 0.2) is 0 Å². The van der Waals surface area contributed by atoms with Crippen LogP contribution in [0, 0.1) is 6.92 Å². The van der Waals surface area contributed by atoms with Crippen molar-refractivity contribution in [2.45, 2.75) is 33.1 Å². The van der Waals surface area contributed by atoms with Crippen molar-refractivity contribution in [1.29, 1.82) is 0 Å². The molecule has 0 fully saturated rings. The molecule has 3 rings (SSSR count). The number of hydrogen-bond donors (Lipinski definition) is 2. The average molecular weight is 386 g/mol. The van der Waals surface area contributed by atoms with Gasteiger partial charge in [-0.2, -0.15) is 0 Å². The van der Waals surface area contributed by atoms with E-state index in [0.29, 0.717) is 16.8 Å². The zero-order valence-electron chi connectivity index (χ0n) is 16.9. The van der Waals surface area contributed by atoms with Crippen molar-refractivity contribution >= 4 is 23.2 Å². The smallest absolute Gasteiger partial charge is 0.255 e. The van der Waals surface area contributed by atoms with Crippen molar-refractivity contribution < 1.29 is 9.59 Å². The molecule has 0 saturated carbocycles. The van der Waals surface area contributed by atoms with Gasteiger partial charge in [0.05, 0.1) is 0 Å². The van der Waals surface area contributed by atoms with Gasteiger partial charge in [0.1, 0.15) is 0 Å². The zero-order chi connectivity index (χ0) is 20.6. The third-order valence-electron chi connectivity index (χ3n) is 4.81. The normalized spacial score (nSPS) is 10.4. The Morgan fingerprint density at radius 3 is 2.17 bits per heavy atom. The molecular formula is C25H26N2O2. The first-order chi connectivity index (χ1) is 14.1. The second-order valence-electron chi connectivity index (χ2n) is 7.10. The Balaban J connectivity index is 1.69. The van der Waals surface area contributed by atoms with Crippen LogP contribution in [0.4, 0.5) is 11.4 Å². The van der Waals surface area contributed by atoms with Crippen LogP contribution in [0.5, 0.6) is 0 Å². The van der Waals surface area contributed by atoms with E-state index in [9.17, 15) is 9.59 Å². The minimum Gasteiger partial charge on any atom is -0.322 e. The van der Waals surface area contributed by atoms with E-state index >= 15 is 0 Å². The summed E-state index contributed by atoms with van der Waals surface area (Å²) in [5.74, 6) is -0.407. The topological polar surface area (TPSA) is 58.2 Å². The van der Waals surface area contributed by atoms with Crippen LogP contribution >= 0.6 is 0 Å². The minimum atomic E-state index is -0.207. The standard InChI is InChI=1S/C25H26N2O2/c1-3-4-8-19-12-15-22(16-13-19)26-25(29)21-14-11-18(2)23(17-21)27-24(28)20-9-6-5-7-10-20/h5-7,9-17H,3-4,8H2,1-2H3,(H,26,29)(H,27,28). The van der Waals surface area contributed by atoms with Gasteiger partial charge in [0.2, 0.25) is 0 Å². The second-order valence-corrected chi connectivity index (χ2v) is 7.10. The van der Waals surface area contributed by atoms with E-state index in [2.05, 4.69) is 17.6 Å². The first-order valence-electron chi connectivity index (χ1n) is 9.94. The van der Waals surface area contributed by atoms with E-state index in [4.69, 9.17) is 0 Å². The fourth-order valence-electron chi connectivity index (χ4n) is 3.02. The maximum Gasteiger partial charge on any atom is 0.255 e. The molecule has 4 nitrogen and oxygen atoms in total.